The van der Waals surface area contributed by atoms with Crippen LogP contribution >= 0.6 is 0 Å². The van der Waals surface area contributed by atoms with Gasteiger partial charge in [-0.2, -0.15) is 0 Å². The third kappa shape index (κ3) is 2.54. The Hall–Kier alpha value is -1.02. The van der Waals surface area contributed by atoms with Crippen molar-refractivity contribution in [3.05, 3.63) is 29.3 Å². The summed E-state index contributed by atoms with van der Waals surface area (Å²) < 4.78 is 5.22. The van der Waals surface area contributed by atoms with Gasteiger partial charge in [-0.3, -0.25) is 0 Å². The summed E-state index contributed by atoms with van der Waals surface area (Å²) in [4.78, 5) is 0. The monoisotopic (exact) mass is 248 g/mol. The van der Waals surface area contributed by atoms with Gasteiger partial charge in [0.15, 0.2) is 0 Å². The van der Waals surface area contributed by atoms with E-state index >= 15 is 0 Å². The van der Waals surface area contributed by atoms with Gasteiger partial charge in [0.1, 0.15) is 5.75 Å². The summed E-state index contributed by atoms with van der Waals surface area (Å²) in [6.07, 6.45) is 3.87. The number of benzene rings is 1. The second kappa shape index (κ2) is 4.58. The summed E-state index contributed by atoms with van der Waals surface area (Å²) in [6.45, 7) is 6.62. The first-order valence-corrected chi connectivity index (χ1v) is 6.74. The average molecular weight is 248 g/mol. The van der Waals surface area contributed by atoms with Crippen molar-refractivity contribution in [2.24, 2.45) is 5.41 Å². The number of methoxy groups -OCH3 is 1. The predicted molar refractivity (Wildman–Crippen MR) is 73.9 cm³/mol. The maximum Gasteiger partial charge on any atom is 0.119 e. The van der Waals surface area contributed by atoms with Crippen LogP contribution in [0.5, 0.6) is 5.75 Å². The molecule has 100 valence electrons. The van der Waals surface area contributed by atoms with Crippen LogP contribution in [0.15, 0.2) is 18.2 Å². The molecule has 0 radical (unpaired) electrons. The van der Waals surface area contributed by atoms with Gasteiger partial charge in [-0.05, 0) is 61.3 Å². The molecule has 2 rings (SSSR count). The van der Waals surface area contributed by atoms with Gasteiger partial charge in [-0.15, -0.1) is 0 Å². The molecule has 18 heavy (non-hydrogen) atoms. The lowest BCUT2D eigenvalue weighted by Crippen LogP contribution is -2.35. The smallest absolute Gasteiger partial charge is 0.119 e. The summed E-state index contributed by atoms with van der Waals surface area (Å²) in [5, 5.41) is 10.9. The van der Waals surface area contributed by atoms with E-state index in [0.717, 1.165) is 42.6 Å². The molecule has 1 aromatic rings. The quantitative estimate of drug-likeness (QED) is 0.862. The van der Waals surface area contributed by atoms with Crippen LogP contribution in [-0.4, -0.2) is 12.2 Å². The van der Waals surface area contributed by atoms with E-state index in [1.807, 2.05) is 18.2 Å². The Morgan fingerprint density at radius 3 is 2.22 bits per heavy atom. The molecule has 0 atom stereocenters. The number of aryl methyl sites for hydroxylation is 1. The third-order valence-corrected chi connectivity index (χ3v) is 4.37. The van der Waals surface area contributed by atoms with Gasteiger partial charge in [-0.25, -0.2) is 0 Å². The first-order chi connectivity index (χ1) is 8.36. The molecule has 0 aromatic heterocycles. The van der Waals surface area contributed by atoms with Crippen LogP contribution < -0.4 is 4.74 Å². The molecule has 0 bridgehead atoms. The van der Waals surface area contributed by atoms with Crippen LogP contribution in [0.2, 0.25) is 0 Å². The van der Waals surface area contributed by atoms with Crippen molar-refractivity contribution in [1.82, 2.24) is 0 Å². The average Bonchev–Trinajstić information content (AvgIpc) is 2.33. The molecular formula is C16H24O2. The Morgan fingerprint density at radius 2 is 1.72 bits per heavy atom. The van der Waals surface area contributed by atoms with E-state index in [0.29, 0.717) is 5.41 Å². The van der Waals surface area contributed by atoms with E-state index in [9.17, 15) is 5.11 Å². The largest absolute Gasteiger partial charge is 0.497 e. The minimum Gasteiger partial charge on any atom is -0.497 e. The molecule has 1 fully saturated rings. The number of hydrogen-bond donors (Lipinski definition) is 1. The van der Waals surface area contributed by atoms with E-state index in [4.69, 9.17) is 4.74 Å². The maximum atomic E-state index is 10.9. The van der Waals surface area contributed by atoms with Crippen molar-refractivity contribution in [3.8, 4) is 5.75 Å². The van der Waals surface area contributed by atoms with Crippen LogP contribution in [0.25, 0.3) is 0 Å². The summed E-state index contributed by atoms with van der Waals surface area (Å²) >= 11 is 0. The highest BCUT2D eigenvalue weighted by Gasteiger charge is 2.38. The molecule has 0 heterocycles. The van der Waals surface area contributed by atoms with Crippen LogP contribution in [0.4, 0.5) is 0 Å². The van der Waals surface area contributed by atoms with E-state index in [1.54, 1.807) is 7.11 Å². The summed E-state index contributed by atoms with van der Waals surface area (Å²) in [5.41, 5.74) is 1.91. The van der Waals surface area contributed by atoms with Crippen LogP contribution in [-0.2, 0) is 5.60 Å². The van der Waals surface area contributed by atoms with Gasteiger partial charge in [-0.1, -0.05) is 19.9 Å². The molecule has 1 aromatic carbocycles. The Kier molecular flexibility index (Phi) is 3.41. The maximum absolute atomic E-state index is 10.9. The van der Waals surface area contributed by atoms with Gasteiger partial charge in [0, 0.05) is 0 Å². The standard InChI is InChI=1S/C16H24O2/c1-12-11-13(18-4)5-6-14(12)16(17)9-7-15(2,3)8-10-16/h5-6,11,17H,7-10H2,1-4H3. The highest BCUT2D eigenvalue weighted by molar-refractivity contribution is 5.38. The minimum absolute atomic E-state index is 0.368. The Balaban J connectivity index is 2.26. The number of ether oxygens (including phenoxy) is 1. The number of hydrogen-bond acceptors (Lipinski definition) is 2. The van der Waals surface area contributed by atoms with Crippen molar-refractivity contribution in [2.45, 2.75) is 52.1 Å². The van der Waals surface area contributed by atoms with E-state index < -0.39 is 5.60 Å². The van der Waals surface area contributed by atoms with Gasteiger partial charge < -0.3 is 9.84 Å². The Bertz CT molecular complexity index is 425. The third-order valence-electron chi connectivity index (χ3n) is 4.37. The van der Waals surface area contributed by atoms with Crippen molar-refractivity contribution in [2.75, 3.05) is 7.11 Å². The first-order valence-electron chi connectivity index (χ1n) is 6.74. The van der Waals surface area contributed by atoms with Crippen LogP contribution in [0.3, 0.4) is 0 Å². The zero-order valence-electron chi connectivity index (χ0n) is 11.9. The number of aliphatic hydroxyl groups is 1. The summed E-state index contributed by atoms with van der Waals surface area (Å²) in [5.74, 6) is 0.857. The van der Waals surface area contributed by atoms with E-state index in [2.05, 4.69) is 20.8 Å². The van der Waals surface area contributed by atoms with Crippen molar-refractivity contribution < 1.29 is 9.84 Å². The molecule has 2 nitrogen and oxygen atoms in total. The molecule has 1 aliphatic carbocycles. The molecule has 0 amide bonds. The van der Waals surface area contributed by atoms with Gasteiger partial charge in [0.2, 0.25) is 0 Å². The fourth-order valence-electron chi connectivity index (χ4n) is 2.89. The zero-order chi connectivity index (χ0) is 13.4. The normalized spacial score (nSPS) is 21.6. The molecular weight excluding hydrogens is 224 g/mol. The molecule has 1 saturated carbocycles. The first kappa shape index (κ1) is 13.4. The Morgan fingerprint density at radius 1 is 1.11 bits per heavy atom. The second-order valence-electron chi connectivity index (χ2n) is 6.38. The SMILES string of the molecule is COc1ccc(C2(O)CCC(C)(C)CC2)c(C)c1. The molecule has 0 unspecified atom stereocenters. The fraction of sp³-hybridized carbons (Fsp3) is 0.625. The zero-order valence-corrected chi connectivity index (χ0v) is 11.9. The molecule has 0 saturated heterocycles. The highest BCUT2D eigenvalue weighted by atomic mass is 16.5. The highest BCUT2D eigenvalue weighted by Crippen LogP contribution is 2.46. The molecule has 1 aliphatic rings. The lowest BCUT2D eigenvalue weighted by Gasteiger charge is -2.41. The summed E-state index contributed by atoms with van der Waals surface area (Å²) in [6, 6.07) is 5.97. The Labute approximate surface area is 110 Å². The van der Waals surface area contributed by atoms with E-state index in [-0.39, 0.29) is 0 Å². The molecule has 0 aliphatic heterocycles. The molecule has 2 heteroatoms. The van der Waals surface area contributed by atoms with Crippen molar-refractivity contribution >= 4 is 0 Å². The summed E-state index contributed by atoms with van der Waals surface area (Å²) in [7, 11) is 1.67. The minimum atomic E-state index is -0.647. The van der Waals surface area contributed by atoms with Crippen LogP contribution in [0, 0.1) is 12.3 Å². The lowest BCUT2D eigenvalue weighted by atomic mass is 9.68. The van der Waals surface area contributed by atoms with Gasteiger partial charge >= 0.3 is 0 Å². The lowest BCUT2D eigenvalue weighted by molar-refractivity contribution is -0.0310. The molecule has 1 N–H and O–H groups in total. The van der Waals surface area contributed by atoms with E-state index in [1.165, 1.54) is 0 Å². The molecule has 0 spiro atoms. The second-order valence-corrected chi connectivity index (χ2v) is 6.38. The fourth-order valence-corrected chi connectivity index (χ4v) is 2.89. The van der Waals surface area contributed by atoms with Gasteiger partial charge in [0.25, 0.3) is 0 Å². The number of rotatable bonds is 2. The predicted octanol–water partition coefficient (Wildman–Crippen LogP) is 3.79. The van der Waals surface area contributed by atoms with Gasteiger partial charge in [0.05, 0.1) is 12.7 Å². The topological polar surface area (TPSA) is 29.5 Å². The van der Waals surface area contributed by atoms with Crippen molar-refractivity contribution in [1.29, 1.82) is 0 Å². The van der Waals surface area contributed by atoms with Crippen LogP contribution in [0.1, 0.15) is 50.7 Å². The van der Waals surface area contributed by atoms with Crippen molar-refractivity contribution in [3.63, 3.8) is 0 Å².